The predicted molar refractivity (Wildman–Crippen MR) is 47.4 cm³/mol. The maximum atomic E-state index is 11.5. The molecule has 0 spiro atoms. The molecule has 0 bridgehead atoms. The third kappa shape index (κ3) is 1.35. The van der Waals surface area contributed by atoms with Gasteiger partial charge in [-0.15, -0.1) is 0 Å². The van der Waals surface area contributed by atoms with Crippen LogP contribution in [0.15, 0.2) is 24.3 Å². The molecule has 1 aliphatic rings. The number of hydrogen-bond acceptors (Lipinski definition) is 3. The molecule has 1 atom stereocenters. The van der Waals surface area contributed by atoms with E-state index in [0.29, 0.717) is 11.3 Å². The van der Waals surface area contributed by atoms with Gasteiger partial charge in [0.05, 0.1) is 12.0 Å². The summed E-state index contributed by atoms with van der Waals surface area (Å²) in [5, 5.41) is 8.54. The lowest BCUT2D eigenvalue weighted by atomic mass is 10.1. The van der Waals surface area contributed by atoms with Crippen LogP contribution in [-0.4, -0.2) is 23.0 Å². The molecular formula is C10H8O4. The molecule has 1 heterocycles. The molecule has 0 fully saturated rings. The summed E-state index contributed by atoms with van der Waals surface area (Å²) in [4.78, 5) is 22.0. The summed E-state index contributed by atoms with van der Waals surface area (Å²) in [5.74, 6) is -0.803. The van der Waals surface area contributed by atoms with Crippen molar-refractivity contribution in [3.8, 4) is 5.75 Å². The summed E-state index contributed by atoms with van der Waals surface area (Å²) < 4.78 is 5.20. The minimum absolute atomic E-state index is 0.247. The molecule has 2 rings (SSSR count). The fourth-order valence-corrected chi connectivity index (χ4v) is 1.45. The second-order valence-corrected chi connectivity index (χ2v) is 3.06. The third-order valence-corrected chi connectivity index (χ3v) is 2.07. The zero-order valence-corrected chi connectivity index (χ0v) is 7.27. The first-order valence-electron chi connectivity index (χ1n) is 4.20. The maximum absolute atomic E-state index is 11.5. The van der Waals surface area contributed by atoms with Crippen molar-refractivity contribution in [2.75, 3.05) is 0 Å². The van der Waals surface area contributed by atoms with E-state index in [1.54, 1.807) is 24.3 Å². The number of hydrogen-bond donors (Lipinski definition) is 1. The highest BCUT2D eigenvalue weighted by Gasteiger charge is 2.33. The van der Waals surface area contributed by atoms with E-state index in [0.717, 1.165) is 0 Å². The Kier molecular flexibility index (Phi) is 1.96. The van der Waals surface area contributed by atoms with Crippen LogP contribution in [0.4, 0.5) is 0 Å². The monoisotopic (exact) mass is 192 g/mol. The van der Waals surface area contributed by atoms with E-state index in [2.05, 4.69) is 0 Å². The summed E-state index contributed by atoms with van der Waals surface area (Å²) in [7, 11) is 0. The summed E-state index contributed by atoms with van der Waals surface area (Å²) in [6.45, 7) is 0. The Morgan fingerprint density at radius 3 is 2.79 bits per heavy atom. The van der Waals surface area contributed by atoms with Gasteiger partial charge in [-0.25, -0.2) is 0 Å². The molecule has 14 heavy (non-hydrogen) atoms. The number of Topliss-reactive ketones (excluding diaryl/α,β-unsaturated/α-hetero) is 1. The Bertz CT molecular complexity index is 397. The Morgan fingerprint density at radius 1 is 1.43 bits per heavy atom. The van der Waals surface area contributed by atoms with Crippen LogP contribution in [0.1, 0.15) is 16.8 Å². The largest absolute Gasteiger partial charge is 0.481 e. The lowest BCUT2D eigenvalue weighted by Gasteiger charge is -2.04. The van der Waals surface area contributed by atoms with Gasteiger partial charge in [-0.1, -0.05) is 12.1 Å². The van der Waals surface area contributed by atoms with Crippen molar-refractivity contribution in [3.63, 3.8) is 0 Å². The van der Waals surface area contributed by atoms with Gasteiger partial charge in [0.1, 0.15) is 5.75 Å². The number of carbonyl (C=O) groups is 2. The highest BCUT2D eigenvalue weighted by Crippen LogP contribution is 2.29. The van der Waals surface area contributed by atoms with Crippen molar-refractivity contribution in [3.05, 3.63) is 29.8 Å². The van der Waals surface area contributed by atoms with Crippen LogP contribution < -0.4 is 4.74 Å². The van der Waals surface area contributed by atoms with Crippen molar-refractivity contribution in [1.82, 2.24) is 0 Å². The fourth-order valence-electron chi connectivity index (χ4n) is 1.45. The smallest absolute Gasteiger partial charge is 0.307 e. The Labute approximate surface area is 80.1 Å². The van der Waals surface area contributed by atoms with E-state index < -0.39 is 12.1 Å². The summed E-state index contributed by atoms with van der Waals surface area (Å²) >= 11 is 0. The Balaban J connectivity index is 2.26. The van der Waals surface area contributed by atoms with Crippen molar-refractivity contribution >= 4 is 11.8 Å². The number of benzene rings is 1. The molecule has 1 aromatic rings. The summed E-state index contributed by atoms with van der Waals surface area (Å²) in [6.07, 6.45) is -1.14. The van der Waals surface area contributed by atoms with E-state index >= 15 is 0 Å². The van der Waals surface area contributed by atoms with E-state index in [4.69, 9.17) is 9.84 Å². The van der Waals surface area contributed by atoms with E-state index in [9.17, 15) is 9.59 Å². The van der Waals surface area contributed by atoms with Gasteiger partial charge in [0.2, 0.25) is 5.78 Å². The molecule has 0 aliphatic carbocycles. The molecular weight excluding hydrogens is 184 g/mol. The maximum Gasteiger partial charge on any atom is 0.307 e. The first-order valence-corrected chi connectivity index (χ1v) is 4.20. The molecule has 0 aromatic heterocycles. The summed E-state index contributed by atoms with van der Waals surface area (Å²) in [6, 6.07) is 6.77. The number of aliphatic carboxylic acids is 1. The average Bonchev–Trinajstić information content (AvgIpc) is 2.44. The minimum atomic E-state index is -1.03. The van der Waals surface area contributed by atoms with Gasteiger partial charge in [-0.05, 0) is 12.1 Å². The Morgan fingerprint density at radius 2 is 2.14 bits per heavy atom. The fraction of sp³-hybridized carbons (Fsp3) is 0.200. The van der Waals surface area contributed by atoms with Crippen LogP contribution in [0.3, 0.4) is 0 Å². The van der Waals surface area contributed by atoms with Crippen LogP contribution in [0.5, 0.6) is 5.75 Å². The van der Waals surface area contributed by atoms with E-state index in [-0.39, 0.29) is 12.2 Å². The molecule has 1 N–H and O–H groups in total. The number of ether oxygens (including phenoxy) is 1. The van der Waals surface area contributed by atoms with Crippen LogP contribution >= 0.6 is 0 Å². The average molecular weight is 192 g/mol. The molecule has 0 saturated heterocycles. The quantitative estimate of drug-likeness (QED) is 0.762. The van der Waals surface area contributed by atoms with Crippen molar-refractivity contribution in [2.45, 2.75) is 12.5 Å². The minimum Gasteiger partial charge on any atom is -0.481 e. The molecule has 1 aromatic carbocycles. The lowest BCUT2D eigenvalue weighted by Crippen LogP contribution is -2.23. The van der Waals surface area contributed by atoms with Gasteiger partial charge < -0.3 is 9.84 Å². The molecule has 72 valence electrons. The van der Waals surface area contributed by atoms with Crippen LogP contribution in [0.2, 0.25) is 0 Å². The second kappa shape index (κ2) is 3.14. The second-order valence-electron chi connectivity index (χ2n) is 3.06. The molecule has 0 radical (unpaired) electrons. The molecule has 1 aliphatic heterocycles. The van der Waals surface area contributed by atoms with Gasteiger partial charge in [0, 0.05) is 0 Å². The zero-order chi connectivity index (χ0) is 10.1. The molecule has 1 unspecified atom stereocenters. The first-order chi connectivity index (χ1) is 6.68. The lowest BCUT2D eigenvalue weighted by molar-refractivity contribution is -0.138. The van der Waals surface area contributed by atoms with E-state index in [1.165, 1.54) is 0 Å². The van der Waals surface area contributed by atoms with Crippen molar-refractivity contribution < 1.29 is 19.4 Å². The molecule has 4 heteroatoms. The SMILES string of the molecule is O=C(O)CC1Oc2ccccc2C1=O. The van der Waals surface area contributed by atoms with Crippen LogP contribution in [-0.2, 0) is 4.79 Å². The molecule has 0 saturated carbocycles. The van der Waals surface area contributed by atoms with E-state index in [1.807, 2.05) is 0 Å². The zero-order valence-electron chi connectivity index (χ0n) is 7.27. The van der Waals surface area contributed by atoms with Gasteiger partial charge in [0.25, 0.3) is 0 Å². The van der Waals surface area contributed by atoms with Crippen LogP contribution in [0, 0.1) is 0 Å². The Hall–Kier alpha value is -1.84. The number of carbonyl (C=O) groups excluding carboxylic acids is 1. The molecule has 0 amide bonds. The normalized spacial score (nSPS) is 18.9. The van der Waals surface area contributed by atoms with Gasteiger partial charge in [0.15, 0.2) is 6.10 Å². The molecule has 4 nitrogen and oxygen atoms in total. The number of rotatable bonds is 2. The van der Waals surface area contributed by atoms with Crippen molar-refractivity contribution in [1.29, 1.82) is 0 Å². The predicted octanol–water partition coefficient (Wildman–Crippen LogP) is 1.10. The third-order valence-electron chi connectivity index (χ3n) is 2.07. The number of fused-ring (bicyclic) bond motifs is 1. The van der Waals surface area contributed by atoms with Gasteiger partial charge in [-0.3, -0.25) is 9.59 Å². The first kappa shape index (κ1) is 8.74. The number of ketones is 1. The summed E-state index contributed by atoms with van der Waals surface area (Å²) in [5.41, 5.74) is 0.471. The van der Waals surface area contributed by atoms with Gasteiger partial charge >= 0.3 is 5.97 Å². The topological polar surface area (TPSA) is 63.6 Å². The highest BCUT2D eigenvalue weighted by molar-refractivity contribution is 6.05. The standard InChI is InChI=1S/C10H8O4/c11-9(12)5-8-10(13)6-3-1-2-4-7(6)14-8/h1-4,8H,5H2,(H,11,12). The number of carboxylic acids is 1. The van der Waals surface area contributed by atoms with Crippen LogP contribution in [0.25, 0.3) is 0 Å². The van der Waals surface area contributed by atoms with Gasteiger partial charge in [-0.2, -0.15) is 0 Å². The van der Waals surface area contributed by atoms with Crippen molar-refractivity contribution in [2.24, 2.45) is 0 Å². The highest BCUT2D eigenvalue weighted by atomic mass is 16.5. The number of para-hydroxylation sites is 1. The number of carboxylic acid groups (broad SMARTS) is 1.